The average Bonchev–Trinajstić information content (AvgIpc) is 3.24. The first kappa shape index (κ1) is 16.8. The minimum Gasteiger partial charge on any atom is -0.468 e. The van der Waals surface area contributed by atoms with Gasteiger partial charge in [0.15, 0.2) is 5.16 Å². The molecule has 3 rings (SSSR count). The van der Waals surface area contributed by atoms with Gasteiger partial charge in [0.1, 0.15) is 5.25 Å². The van der Waals surface area contributed by atoms with E-state index in [1.807, 2.05) is 11.5 Å². The lowest BCUT2D eigenvalue weighted by atomic mass is 10.2. The molecule has 1 saturated heterocycles. The number of anilines is 1. The summed E-state index contributed by atoms with van der Waals surface area (Å²) in [5, 5.41) is 9.11. The van der Waals surface area contributed by atoms with Crippen molar-refractivity contribution in [1.29, 1.82) is 0 Å². The fourth-order valence-corrected chi connectivity index (χ4v) is 3.64. The Hall–Kier alpha value is -2.02. The molecule has 24 heavy (non-hydrogen) atoms. The van der Waals surface area contributed by atoms with Gasteiger partial charge >= 0.3 is 5.97 Å². The van der Waals surface area contributed by atoms with Gasteiger partial charge in [-0.3, -0.25) is 9.36 Å². The molecule has 0 radical (unpaired) electrons. The summed E-state index contributed by atoms with van der Waals surface area (Å²) in [6, 6.07) is 8.26. The Bertz CT molecular complexity index is 708. The Morgan fingerprint density at radius 3 is 2.50 bits per heavy atom. The van der Waals surface area contributed by atoms with Crippen molar-refractivity contribution in [3.8, 4) is 5.69 Å². The number of aromatic nitrogens is 3. The van der Waals surface area contributed by atoms with Gasteiger partial charge in [-0.1, -0.05) is 29.5 Å². The molecule has 6 nitrogen and oxygen atoms in total. The molecular weight excluding hydrogens is 324 g/mol. The molecule has 2 heterocycles. The molecule has 0 bridgehead atoms. The molecule has 0 aliphatic carbocycles. The van der Waals surface area contributed by atoms with Crippen LogP contribution in [0.4, 0.5) is 5.95 Å². The summed E-state index contributed by atoms with van der Waals surface area (Å²) >= 11 is 1.37. The highest BCUT2D eigenvalue weighted by Gasteiger charge is 2.25. The lowest BCUT2D eigenvalue weighted by Crippen LogP contribution is -2.22. The number of thioether (sulfide) groups is 1. The van der Waals surface area contributed by atoms with E-state index < -0.39 is 0 Å². The molecule has 1 atom stereocenters. The first-order chi connectivity index (χ1) is 11.6. The first-order valence-corrected chi connectivity index (χ1v) is 9.00. The quantitative estimate of drug-likeness (QED) is 0.613. The summed E-state index contributed by atoms with van der Waals surface area (Å²) in [5.41, 5.74) is 2.21. The molecule has 0 spiro atoms. The van der Waals surface area contributed by atoms with E-state index in [1.54, 1.807) is 0 Å². The number of esters is 1. The molecule has 7 heteroatoms. The minimum absolute atomic E-state index is 0.263. The van der Waals surface area contributed by atoms with Gasteiger partial charge in [0.2, 0.25) is 5.95 Å². The summed E-state index contributed by atoms with van der Waals surface area (Å²) in [7, 11) is 1.40. The number of rotatable bonds is 5. The smallest absolute Gasteiger partial charge is 0.318 e. The Balaban J connectivity index is 1.99. The molecule has 128 valence electrons. The molecule has 0 amide bonds. The van der Waals surface area contributed by atoms with E-state index in [2.05, 4.69) is 46.3 Å². The van der Waals surface area contributed by atoms with Crippen LogP contribution in [0.25, 0.3) is 5.69 Å². The molecule has 0 unspecified atom stereocenters. The third kappa shape index (κ3) is 3.40. The Morgan fingerprint density at radius 1 is 1.21 bits per heavy atom. The van der Waals surface area contributed by atoms with Crippen molar-refractivity contribution >= 4 is 23.7 Å². The van der Waals surface area contributed by atoms with Gasteiger partial charge in [-0.2, -0.15) is 0 Å². The van der Waals surface area contributed by atoms with Crippen molar-refractivity contribution in [2.45, 2.75) is 37.1 Å². The summed E-state index contributed by atoms with van der Waals surface area (Å²) in [5.74, 6) is 0.581. The molecular formula is C17H22N4O2S. The molecule has 1 fully saturated rings. The van der Waals surface area contributed by atoms with Crippen molar-refractivity contribution in [2.24, 2.45) is 0 Å². The predicted molar refractivity (Wildman–Crippen MR) is 94.9 cm³/mol. The normalized spacial score (nSPS) is 15.5. The average molecular weight is 346 g/mol. The topological polar surface area (TPSA) is 60.2 Å². The number of ether oxygens (including phenoxy) is 1. The van der Waals surface area contributed by atoms with E-state index in [0.717, 1.165) is 24.7 Å². The number of nitrogens with zero attached hydrogens (tertiary/aromatic N) is 4. The highest BCUT2D eigenvalue weighted by atomic mass is 32.2. The van der Waals surface area contributed by atoms with E-state index in [1.165, 1.54) is 37.3 Å². The van der Waals surface area contributed by atoms with Crippen molar-refractivity contribution < 1.29 is 9.53 Å². The van der Waals surface area contributed by atoms with Gasteiger partial charge in [-0.05, 0) is 38.8 Å². The minimum atomic E-state index is -0.338. The monoisotopic (exact) mass is 346 g/mol. The zero-order valence-electron chi connectivity index (χ0n) is 14.2. The van der Waals surface area contributed by atoms with Crippen LogP contribution in [-0.4, -0.2) is 46.2 Å². The van der Waals surface area contributed by atoms with E-state index in [9.17, 15) is 4.79 Å². The number of carbonyl (C=O) groups is 1. The Labute approximate surface area is 146 Å². The number of methoxy groups -OCH3 is 1. The SMILES string of the molecule is COC(=O)[C@H](C)Sc1nnc(N2CCCC2)n1-c1ccc(C)cc1. The number of carbonyl (C=O) groups excluding carboxylic acids is 1. The van der Waals surface area contributed by atoms with Crippen LogP contribution in [-0.2, 0) is 9.53 Å². The predicted octanol–water partition coefficient (Wildman–Crippen LogP) is 2.83. The maximum absolute atomic E-state index is 11.8. The number of benzene rings is 1. The zero-order chi connectivity index (χ0) is 17.1. The van der Waals surface area contributed by atoms with Crippen LogP contribution < -0.4 is 4.90 Å². The number of aryl methyl sites for hydroxylation is 1. The van der Waals surface area contributed by atoms with Gasteiger partial charge in [0.25, 0.3) is 0 Å². The van der Waals surface area contributed by atoms with Crippen molar-refractivity contribution in [1.82, 2.24) is 14.8 Å². The van der Waals surface area contributed by atoms with Gasteiger partial charge in [-0.15, -0.1) is 10.2 Å². The van der Waals surface area contributed by atoms with E-state index in [-0.39, 0.29) is 11.2 Å². The van der Waals surface area contributed by atoms with E-state index in [4.69, 9.17) is 4.74 Å². The fourth-order valence-electron chi connectivity index (χ4n) is 2.75. The number of hydrogen-bond donors (Lipinski definition) is 0. The van der Waals surface area contributed by atoms with Crippen LogP contribution in [0.2, 0.25) is 0 Å². The Morgan fingerprint density at radius 2 is 1.88 bits per heavy atom. The van der Waals surface area contributed by atoms with Crippen LogP contribution in [0.15, 0.2) is 29.4 Å². The summed E-state index contributed by atoms with van der Waals surface area (Å²) in [6.07, 6.45) is 2.34. The van der Waals surface area contributed by atoms with E-state index in [0.29, 0.717) is 5.16 Å². The zero-order valence-corrected chi connectivity index (χ0v) is 15.0. The van der Waals surface area contributed by atoms with Crippen LogP contribution in [0.1, 0.15) is 25.3 Å². The van der Waals surface area contributed by atoms with E-state index >= 15 is 0 Å². The van der Waals surface area contributed by atoms with Gasteiger partial charge in [0, 0.05) is 13.1 Å². The summed E-state index contributed by atoms with van der Waals surface area (Å²) in [4.78, 5) is 14.0. The fraction of sp³-hybridized carbons (Fsp3) is 0.471. The van der Waals surface area contributed by atoms with Crippen LogP contribution in [0.3, 0.4) is 0 Å². The Kier molecular flexibility index (Phi) is 5.08. The second-order valence-electron chi connectivity index (χ2n) is 5.93. The van der Waals surface area contributed by atoms with Gasteiger partial charge in [-0.25, -0.2) is 0 Å². The summed E-state index contributed by atoms with van der Waals surface area (Å²) in [6.45, 7) is 5.86. The van der Waals surface area contributed by atoms with Crippen LogP contribution >= 0.6 is 11.8 Å². The lowest BCUT2D eigenvalue weighted by Gasteiger charge is -2.19. The highest BCUT2D eigenvalue weighted by Crippen LogP contribution is 2.31. The van der Waals surface area contributed by atoms with Crippen molar-refractivity contribution in [3.63, 3.8) is 0 Å². The molecule has 1 aromatic heterocycles. The molecule has 0 N–H and O–H groups in total. The van der Waals surface area contributed by atoms with Gasteiger partial charge in [0.05, 0.1) is 12.8 Å². The van der Waals surface area contributed by atoms with Gasteiger partial charge < -0.3 is 9.64 Å². The van der Waals surface area contributed by atoms with Crippen molar-refractivity contribution in [2.75, 3.05) is 25.1 Å². The third-order valence-corrected chi connectivity index (χ3v) is 5.13. The molecule has 1 aromatic carbocycles. The maximum atomic E-state index is 11.8. The maximum Gasteiger partial charge on any atom is 0.318 e. The van der Waals surface area contributed by atoms with Crippen LogP contribution in [0.5, 0.6) is 0 Å². The highest BCUT2D eigenvalue weighted by molar-refractivity contribution is 8.00. The second-order valence-corrected chi connectivity index (χ2v) is 7.24. The van der Waals surface area contributed by atoms with Crippen LogP contribution in [0, 0.1) is 6.92 Å². The first-order valence-electron chi connectivity index (χ1n) is 8.12. The molecule has 1 aliphatic heterocycles. The van der Waals surface area contributed by atoms with Crippen molar-refractivity contribution in [3.05, 3.63) is 29.8 Å². The standard InChI is InChI=1S/C17H22N4O2S/c1-12-6-8-14(9-7-12)21-16(20-10-4-5-11-20)18-19-17(21)24-13(2)15(22)23-3/h6-9,13H,4-5,10-11H2,1-3H3/t13-/m0/s1. The second kappa shape index (κ2) is 7.25. The third-order valence-electron chi connectivity index (χ3n) is 4.11. The largest absolute Gasteiger partial charge is 0.468 e. The summed E-state index contributed by atoms with van der Waals surface area (Å²) < 4.78 is 6.86. The molecule has 2 aromatic rings. The number of hydrogen-bond acceptors (Lipinski definition) is 6. The molecule has 0 saturated carbocycles. The molecule has 1 aliphatic rings. The lowest BCUT2D eigenvalue weighted by molar-refractivity contribution is -0.139.